The van der Waals surface area contributed by atoms with Crippen molar-refractivity contribution in [3.05, 3.63) is 66.0 Å². The van der Waals surface area contributed by atoms with Crippen LogP contribution in [0.4, 0.5) is 5.69 Å². The molecular weight excluding hydrogens is 384 g/mol. The molecule has 4 rings (SSSR count). The number of para-hydroxylation sites is 2. The molecule has 1 fully saturated rings. The van der Waals surface area contributed by atoms with Crippen LogP contribution in [-0.4, -0.2) is 33.0 Å². The Morgan fingerprint density at radius 3 is 2.69 bits per heavy atom. The fraction of sp³-hybridized carbons (Fsp3) is 0.318. The zero-order valence-corrected chi connectivity index (χ0v) is 17.4. The average molecular weight is 409 g/mol. The molecule has 2 atom stereocenters. The van der Waals surface area contributed by atoms with Gasteiger partial charge in [0.05, 0.1) is 18.0 Å². The van der Waals surface area contributed by atoms with Crippen molar-refractivity contribution in [1.82, 2.24) is 14.8 Å². The van der Waals surface area contributed by atoms with Gasteiger partial charge in [0.1, 0.15) is 11.6 Å². The number of thioether (sulfide) groups is 1. The SMILES string of the molecule is CCOc1ccccc1NC(=O)CSc1nnc(C2CC2c2ccccc2)n1C. The molecular formula is C22H24N4O2S. The summed E-state index contributed by atoms with van der Waals surface area (Å²) < 4.78 is 7.57. The molecule has 1 amide bonds. The monoisotopic (exact) mass is 408 g/mol. The number of benzene rings is 2. The zero-order chi connectivity index (χ0) is 20.2. The van der Waals surface area contributed by atoms with Crippen LogP contribution in [0.3, 0.4) is 0 Å². The van der Waals surface area contributed by atoms with Crippen LogP contribution >= 0.6 is 11.8 Å². The maximum Gasteiger partial charge on any atom is 0.234 e. The van der Waals surface area contributed by atoms with E-state index in [1.807, 2.05) is 48.9 Å². The van der Waals surface area contributed by atoms with E-state index in [1.165, 1.54) is 17.3 Å². The first-order valence-corrected chi connectivity index (χ1v) is 10.7. The maximum atomic E-state index is 12.4. The van der Waals surface area contributed by atoms with Crippen LogP contribution in [-0.2, 0) is 11.8 Å². The van der Waals surface area contributed by atoms with E-state index < -0.39 is 0 Å². The first kappa shape index (κ1) is 19.5. The number of amides is 1. The van der Waals surface area contributed by atoms with Crippen LogP contribution in [0.1, 0.15) is 36.6 Å². The molecule has 7 heteroatoms. The van der Waals surface area contributed by atoms with E-state index in [2.05, 4.69) is 39.8 Å². The van der Waals surface area contributed by atoms with Crippen LogP contribution in [0, 0.1) is 0 Å². The number of hydrogen-bond donors (Lipinski definition) is 1. The van der Waals surface area contributed by atoms with Gasteiger partial charge in [-0.15, -0.1) is 10.2 Å². The van der Waals surface area contributed by atoms with Crippen molar-refractivity contribution >= 4 is 23.4 Å². The molecule has 1 aliphatic carbocycles. The van der Waals surface area contributed by atoms with Gasteiger partial charge in [-0.2, -0.15) is 0 Å². The Morgan fingerprint density at radius 1 is 1.14 bits per heavy atom. The van der Waals surface area contributed by atoms with Gasteiger partial charge in [0.25, 0.3) is 0 Å². The molecule has 0 spiro atoms. The van der Waals surface area contributed by atoms with Crippen molar-refractivity contribution < 1.29 is 9.53 Å². The zero-order valence-electron chi connectivity index (χ0n) is 16.5. The van der Waals surface area contributed by atoms with Gasteiger partial charge < -0.3 is 14.6 Å². The number of anilines is 1. The number of rotatable bonds is 8. The summed E-state index contributed by atoms with van der Waals surface area (Å²) in [6, 6.07) is 18.0. The highest BCUT2D eigenvalue weighted by molar-refractivity contribution is 7.99. The Hall–Kier alpha value is -2.80. The van der Waals surface area contributed by atoms with E-state index in [0.29, 0.717) is 29.9 Å². The molecule has 29 heavy (non-hydrogen) atoms. The Morgan fingerprint density at radius 2 is 1.90 bits per heavy atom. The van der Waals surface area contributed by atoms with E-state index in [-0.39, 0.29) is 11.7 Å². The fourth-order valence-corrected chi connectivity index (χ4v) is 4.21. The lowest BCUT2D eigenvalue weighted by atomic mass is 10.1. The first-order valence-electron chi connectivity index (χ1n) is 9.76. The number of carbonyl (C=O) groups excluding carboxylic acids is 1. The summed E-state index contributed by atoms with van der Waals surface area (Å²) in [6.45, 7) is 2.47. The van der Waals surface area contributed by atoms with E-state index in [9.17, 15) is 4.79 Å². The summed E-state index contributed by atoms with van der Waals surface area (Å²) in [7, 11) is 1.97. The number of nitrogens with one attached hydrogen (secondary N) is 1. The predicted molar refractivity (Wildman–Crippen MR) is 115 cm³/mol. The minimum Gasteiger partial charge on any atom is -0.492 e. The minimum atomic E-state index is -0.0970. The van der Waals surface area contributed by atoms with Crippen molar-refractivity contribution in [2.75, 3.05) is 17.7 Å². The maximum absolute atomic E-state index is 12.4. The van der Waals surface area contributed by atoms with Gasteiger partial charge >= 0.3 is 0 Å². The Kier molecular flexibility index (Phi) is 5.85. The highest BCUT2D eigenvalue weighted by atomic mass is 32.2. The topological polar surface area (TPSA) is 69.0 Å². The molecule has 2 unspecified atom stereocenters. The predicted octanol–water partition coefficient (Wildman–Crippen LogP) is 4.22. The Labute approximate surface area is 174 Å². The molecule has 0 saturated heterocycles. The number of nitrogens with zero attached hydrogens (tertiary/aromatic N) is 3. The molecule has 0 radical (unpaired) electrons. The van der Waals surface area contributed by atoms with Crippen molar-refractivity contribution in [3.8, 4) is 5.75 Å². The number of ether oxygens (including phenoxy) is 1. The van der Waals surface area contributed by atoms with Crippen LogP contribution < -0.4 is 10.1 Å². The second-order valence-corrected chi connectivity index (χ2v) is 7.97. The van der Waals surface area contributed by atoms with Gasteiger partial charge in [0.15, 0.2) is 5.16 Å². The summed E-state index contributed by atoms with van der Waals surface area (Å²) in [5.74, 6) is 2.74. The number of hydrogen-bond acceptors (Lipinski definition) is 5. The van der Waals surface area contributed by atoms with E-state index >= 15 is 0 Å². The molecule has 1 N–H and O–H groups in total. The molecule has 1 heterocycles. The van der Waals surface area contributed by atoms with E-state index in [4.69, 9.17) is 4.74 Å². The molecule has 0 aliphatic heterocycles. The number of aromatic nitrogens is 3. The van der Waals surface area contributed by atoms with Crippen LogP contribution in [0.15, 0.2) is 59.8 Å². The van der Waals surface area contributed by atoms with Crippen molar-refractivity contribution in [2.24, 2.45) is 7.05 Å². The van der Waals surface area contributed by atoms with Crippen LogP contribution in [0.2, 0.25) is 0 Å². The Bertz CT molecular complexity index is 989. The van der Waals surface area contributed by atoms with E-state index in [1.54, 1.807) is 0 Å². The summed E-state index contributed by atoms with van der Waals surface area (Å²) in [5.41, 5.74) is 2.03. The van der Waals surface area contributed by atoms with Gasteiger partial charge in [-0.3, -0.25) is 4.79 Å². The molecule has 1 aromatic heterocycles. The van der Waals surface area contributed by atoms with Crippen LogP contribution in [0.25, 0.3) is 0 Å². The quantitative estimate of drug-likeness (QED) is 0.565. The number of carbonyl (C=O) groups is 1. The standard InChI is InChI=1S/C22H24N4O2S/c1-3-28-19-12-8-7-11-18(19)23-20(27)14-29-22-25-24-21(26(22)2)17-13-16(17)15-9-5-4-6-10-15/h4-12,16-17H,3,13-14H2,1-2H3,(H,23,27). The summed E-state index contributed by atoms with van der Waals surface area (Å²) in [6.07, 6.45) is 1.09. The van der Waals surface area contributed by atoms with Gasteiger partial charge in [0, 0.05) is 13.0 Å². The van der Waals surface area contributed by atoms with E-state index in [0.717, 1.165) is 17.4 Å². The average Bonchev–Trinajstić information content (AvgIpc) is 3.45. The molecule has 0 bridgehead atoms. The normalized spacial score (nSPS) is 17.7. The third-order valence-corrected chi connectivity index (χ3v) is 6.03. The lowest BCUT2D eigenvalue weighted by molar-refractivity contribution is -0.113. The Balaban J connectivity index is 1.35. The molecule has 2 aromatic carbocycles. The second-order valence-electron chi connectivity index (χ2n) is 7.03. The fourth-order valence-electron chi connectivity index (χ4n) is 3.49. The summed E-state index contributed by atoms with van der Waals surface area (Å²) in [4.78, 5) is 12.4. The van der Waals surface area contributed by atoms with Crippen molar-refractivity contribution in [1.29, 1.82) is 0 Å². The largest absolute Gasteiger partial charge is 0.492 e. The van der Waals surface area contributed by atoms with Crippen molar-refractivity contribution in [2.45, 2.75) is 30.3 Å². The molecule has 1 aliphatic rings. The molecule has 150 valence electrons. The summed E-state index contributed by atoms with van der Waals surface area (Å²) in [5, 5.41) is 12.4. The van der Waals surface area contributed by atoms with Crippen molar-refractivity contribution in [3.63, 3.8) is 0 Å². The van der Waals surface area contributed by atoms with Gasteiger partial charge in [-0.1, -0.05) is 54.2 Å². The lowest BCUT2D eigenvalue weighted by Crippen LogP contribution is -2.15. The smallest absolute Gasteiger partial charge is 0.234 e. The third kappa shape index (κ3) is 4.45. The van der Waals surface area contributed by atoms with Gasteiger partial charge in [-0.05, 0) is 37.0 Å². The summed E-state index contributed by atoms with van der Waals surface area (Å²) >= 11 is 1.39. The lowest BCUT2D eigenvalue weighted by Gasteiger charge is -2.11. The molecule has 3 aromatic rings. The third-order valence-electron chi connectivity index (χ3n) is 5.01. The van der Waals surface area contributed by atoms with Crippen LogP contribution in [0.5, 0.6) is 5.75 Å². The highest BCUT2D eigenvalue weighted by Crippen LogP contribution is 2.54. The highest BCUT2D eigenvalue weighted by Gasteiger charge is 2.42. The molecule has 6 nitrogen and oxygen atoms in total. The molecule has 1 saturated carbocycles. The minimum absolute atomic E-state index is 0.0970. The second kappa shape index (κ2) is 8.69. The van der Waals surface area contributed by atoms with Gasteiger partial charge in [-0.25, -0.2) is 0 Å². The van der Waals surface area contributed by atoms with Gasteiger partial charge in [0.2, 0.25) is 5.91 Å². The first-order chi connectivity index (χ1) is 14.2.